The summed E-state index contributed by atoms with van der Waals surface area (Å²) in [4.78, 5) is 17.7. The lowest BCUT2D eigenvalue weighted by atomic mass is 10.1. The van der Waals surface area contributed by atoms with E-state index in [-0.39, 0.29) is 5.91 Å². The molecule has 0 saturated heterocycles. The van der Waals surface area contributed by atoms with Crippen LogP contribution in [0.25, 0.3) is 0 Å². The molecule has 0 bridgehead atoms. The lowest BCUT2D eigenvalue weighted by molar-refractivity contribution is -0.120. The SMILES string of the molecule is CCOc1ccc(CC(=O)NCc2ncc(Cc3ccccc3)s2)cc1. The predicted molar refractivity (Wildman–Crippen MR) is 105 cm³/mol. The van der Waals surface area contributed by atoms with Gasteiger partial charge in [0.25, 0.3) is 0 Å². The van der Waals surface area contributed by atoms with Gasteiger partial charge in [0, 0.05) is 17.5 Å². The first kappa shape index (κ1) is 18.1. The zero-order valence-electron chi connectivity index (χ0n) is 14.8. The van der Waals surface area contributed by atoms with Crippen LogP contribution in [-0.4, -0.2) is 17.5 Å². The molecule has 2 aromatic carbocycles. The molecule has 1 N–H and O–H groups in total. The van der Waals surface area contributed by atoms with Gasteiger partial charge in [0.15, 0.2) is 0 Å². The van der Waals surface area contributed by atoms with E-state index < -0.39 is 0 Å². The van der Waals surface area contributed by atoms with Gasteiger partial charge in [0.2, 0.25) is 5.91 Å². The van der Waals surface area contributed by atoms with Crippen molar-refractivity contribution in [3.63, 3.8) is 0 Å². The first-order valence-corrected chi connectivity index (χ1v) is 9.50. The third kappa shape index (κ3) is 5.43. The Balaban J connectivity index is 1.47. The molecule has 4 nitrogen and oxygen atoms in total. The number of nitrogens with one attached hydrogen (secondary N) is 1. The van der Waals surface area contributed by atoms with Crippen LogP contribution in [0.4, 0.5) is 0 Å². The van der Waals surface area contributed by atoms with Crippen molar-refractivity contribution in [1.29, 1.82) is 0 Å². The second-order valence-corrected chi connectivity index (χ2v) is 7.11. The molecule has 1 aromatic heterocycles. The number of nitrogens with zero attached hydrogens (tertiary/aromatic N) is 1. The molecular weight excluding hydrogens is 344 g/mol. The summed E-state index contributed by atoms with van der Waals surface area (Å²) in [7, 11) is 0. The number of aromatic nitrogens is 1. The van der Waals surface area contributed by atoms with Crippen molar-refractivity contribution in [1.82, 2.24) is 10.3 Å². The summed E-state index contributed by atoms with van der Waals surface area (Å²) in [5.41, 5.74) is 2.23. The van der Waals surface area contributed by atoms with Gasteiger partial charge in [0.1, 0.15) is 10.8 Å². The second kappa shape index (κ2) is 9.15. The molecule has 0 radical (unpaired) electrons. The standard InChI is InChI=1S/C21H22N2O2S/c1-2-25-18-10-8-17(9-11-18)13-20(24)22-15-21-23-14-19(26-21)12-16-6-4-3-5-7-16/h3-11,14H,2,12-13,15H2,1H3,(H,22,24). The molecule has 0 saturated carbocycles. The van der Waals surface area contributed by atoms with Crippen molar-refractivity contribution in [2.24, 2.45) is 0 Å². The summed E-state index contributed by atoms with van der Waals surface area (Å²) >= 11 is 1.64. The van der Waals surface area contributed by atoms with Gasteiger partial charge in [-0.25, -0.2) is 4.98 Å². The molecule has 0 spiro atoms. The highest BCUT2D eigenvalue weighted by atomic mass is 32.1. The summed E-state index contributed by atoms with van der Waals surface area (Å²) in [5, 5.41) is 3.87. The van der Waals surface area contributed by atoms with Crippen molar-refractivity contribution in [2.75, 3.05) is 6.61 Å². The van der Waals surface area contributed by atoms with Crippen molar-refractivity contribution >= 4 is 17.2 Å². The molecule has 1 amide bonds. The van der Waals surface area contributed by atoms with Gasteiger partial charge < -0.3 is 10.1 Å². The maximum atomic E-state index is 12.1. The van der Waals surface area contributed by atoms with Crippen molar-refractivity contribution in [2.45, 2.75) is 26.3 Å². The van der Waals surface area contributed by atoms with E-state index in [1.54, 1.807) is 11.3 Å². The van der Waals surface area contributed by atoms with E-state index in [1.807, 2.05) is 55.6 Å². The monoisotopic (exact) mass is 366 g/mol. The van der Waals surface area contributed by atoms with E-state index in [9.17, 15) is 4.79 Å². The first-order valence-electron chi connectivity index (χ1n) is 8.69. The quantitative estimate of drug-likeness (QED) is 0.656. The second-order valence-electron chi connectivity index (χ2n) is 5.91. The molecule has 0 aliphatic carbocycles. The normalized spacial score (nSPS) is 10.5. The van der Waals surface area contributed by atoms with Gasteiger partial charge in [-0.2, -0.15) is 0 Å². The molecule has 3 aromatic rings. The number of carbonyl (C=O) groups excluding carboxylic acids is 1. The van der Waals surface area contributed by atoms with E-state index in [1.165, 1.54) is 10.4 Å². The zero-order valence-corrected chi connectivity index (χ0v) is 15.6. The van der Waals surface area contributed by atoms with Crippen LogP contribution < -0.4 is 10.1 Å². The molecular formula is C21H22N2O2S. The molecule has 26 heavy (non-hydrogen) atoms. The Morgan fingerprint density at radius 3 is 2.58 bits per heavy atom. The van der Waals surface area contributed by atoms with E-state index in [2.05, 4.69) is 22.4 Å². The van der Waals surface area contributed by atoms with Gasteiger partial charge in [-0.1, -0.05) is 42.5 Å². The Bertz CT molecular complexity index is 829. The van der Waals surface area contributed by atoms with Crippen molar-refractivity contribution in [3.05, 3.63) is 81.8 Å². The van der Waals surface area contributed by atoms with Gasteiger partial charge in [-0.05, 0) is 30.2 Å². The third-order valence-corrected chi connectivity index (χ3v) is 4.86. The molecule has 0 unspecified atom stereocenters. The fourth-order valence-electron chi connectivity index (χ4n) is 2.60. The van der Waals surface area contributed by atoms with E-state index in [0.29, 0.717) is 19.6 Å². The molecule has 134 valence electrons. The smallest absolute Gasteiger partial charge is 0.224 e. The topological polar surface area (TPSA) is 51.2 Å². The molecule has 0 aliphatic rings. The van der Waals surface area contributed by atoms with Crippen molar-refractivity contribution < 1.29 is 9.53 Å². The van der Waals surface area contributed by atoms with Crippen LogP contribution in [0.15, 0.2) is 60.8 Å². The van der Waals surface area contributed by atoms with Crippen LogP contribution in [0.1, 0.15) is 27.9 Å². The van der Waals surface area contributed by atoms with Crippen LogP contribution in [0.2, 0.25) is 0 Å². The summed E-state index contributed by atoms with van der Waals surface area (Å²) < 4.78 is 5.41. The fraction of sp³-hybridized carbons (Fsp3) is 0.238. The molecule has 0 atom stereocenters. The van der Waals surface area contributed by atoms with Crippen molar-refractivity contribution in [3.8, 4) is 5.75 Å². The fourth-order valence-corrected chi connectivity index (χ4v) is 3.50. The highest BCUT2D eigenvalue weighted by Gasteiger charge is 2.07. The van der Waals surface area contributed by atoms with Crippen LogP contribution in [0.5, 0.6) is 5.75 Å². The summed E-state index contributed by atoms with van der Waals surface area (Å²) in [6.45, 7) is 3.06. The number of hydrogen-bond acceptors (Lipinski definition) is 4. The Kier molecular flexibility index (Phi) is 6.39. The zero-order chi connectivity index (χ0) is 18.2. The molecule has 5 heteroatoms. The van der Waals surface area contributed by atoms with E-state index in [4.69, 9.17) is 4.74 Å². The summed E-state index contributed by atoms with van der Waals surface area (Å²) in [6, 6.07) is 17.9. The average molecular weight is 366 g/mol. The number of amides is 1. The Morgan fingerprint density at radius 1 is 1.08 bits per heavy atom. The summed E-state index contributed by atoms with van der Waals surface area (Å²) in [5.74, 6) is 0.819. The van der Waals surface area contributed by atoms with Crippen LogP contribution in [0, 0.1) is 0 Å². The first-order chi connectivity index (χ1) is 12.7. The largest absolute Gasteiger partial charge is 0.494 e. The van der Waals surface area contributed by atoms with Crippen LogP contribution in [0.3, 0.4) is 0 Å². The lowest BCUT2D eigenvalue weighted by Crippen LogP contribution is -2.24. The number of rotatable bonds is 8. The number of hydrogen-bond donors (Lipinski definition) is 1. The Hall–Kier alpha value is -2.66. The highest BCUT2D eigenvalue weighted by Crippen LogP contribution is 2.17. The highest BCUT2D eigenvalue weighted by molar-refractivity contribution is 7.11. The number of thiazole rings is 1. The maximum absolute atomic E-state index is 12.1. The third-order valence-electron chi connectivity index (χ3n) is 3.86. The minimum Gasteiger partial charge on any atom is -0.494 e. The van der Waals surface area contributed by atoms with Crippen LogP contribution >= 0.6 is 11.3 Å². The number of carbonyl (C=O) groups is 1. The Morgan fingerprint density at radius 2 is 1.85 bits per heavy atom. The van der Waals surface area contributed by atoms with E-state index in [0.717, 1.165) is 22.7 Å². The van der Waals surface area contributed by atoms with Crippen LogP contribution in [-0.2, 0) is 24.2 Å². The predicted octanol–water partition coefficient (Wildman–Crippen LogP) is 3.99. The van der Waals surface area contributed by atoms with Gasteiger partial charge in [0.05, 0.1) is 19.6 Å². The van der Waals surface area contributed by atoms with E-state index >= 15 is 0 Å². The van der Waals surface area contributed by atoms with Gasteiger partial charge >= 0.3 is 0 Å². The lowest BCUT2D eigenvalue weighted by Gasteiger charge is -2.05. The number of ether oxygens (including phenoxy) is 1. The Labute approximate surface area is 157 Å². The average Bonchev–Trinajstić information content (AvgIpc) is 3.10. The maximum Gasteiger partial charge on any atom is 0.224 e. The minimum atomic E-state index is -0.00558. The van der Waals surface area contributed by atoms with Gasteiger partial charge in [-0.15, -0.1) is 11.3 Å². The molecule has 0 fully saturated rings. The molecule has 0 aliphatic heterocycles. The van der Waals surface area contributed by atoms with Gasteiger partial charge in [-0.3, -0.25) is 4.79 Å². The summed E-state index contributed by atoms with van der Waals surface area (Å²) in [6.07, 6.45) is 3.12. The minimum absolute atomic E-state index is 0.00558. The molecule has 1 heterocycles. The molecule has 3 rings (SSSR count). The number of benzene rings is 2.